The van der Waals surface area contributed by atoms with Gasteiger partial charge in [0, 0.05) is 32.2 Å². The topological polar surface area (TPSA) is 92.7 Å². The van der Waals surface area contributed by atoms with Crippen LogP contribution < -0.4 is 11.5 Å². The zero-order valence-corrected chi connectivity index (χ0v) is 11.9. The van der Waals surface area contributed by atoms with Crippen molar-refractivity contribution in [3.8, 4) is 0 Å². The minimum atomic E-state index is -0.296. The van der Waals surface area contributed by atoms with Crippen LogP contribution in [0.1, 0.15) is 19.3 Å². The Labute approximate surface area is 119 Å². The van der Waals surface area contributed by atoms with Gasteiger partial charge in [-0.05, 0) is 19.3 Å². The van der Waals surface area contributed by atoms with Crippen molar-refractivity contribution >= 4 is 24.2 Å². The van der Waals surface area contributed by atoms with Gasteiger partial charge in [-0.15, -0.1) is 12.4 Å². The average Bonchev–Trinajstić information content (AvgIpc) is 2.75. The van der Waals surface area contributed by atoms with Crippen LogP contribution >= 0.6 is 12.4 Å². The van der Waals surface area contributed by atoms with Gasteiger partial charge in [0.1, 0.15) is 0 Å². The first-order chi connectivity index (χ1) is 8.56. The second kappa shape index (κ2) is 7.07. The van der Waals surface area contributed by atoms with Gasteiger partial charge in [-0.2, -0.15) is 0 Å². The van der Waals surface area contributed by atoms with Crippen LogP contribution in [0.5, 0.6) is 0 Å². The summed E-state index contributed by atoms with van der Waals surface area (Å²) in [5.41, 5.74) is 11.1. The molecular weight excluding hydrogens is 268 g/mol. The highest BCUT2D eigenvalue weighted by atomic mass is 35.5. The van der Waals surface area contributed by atoms with E-state index in [4.69, 9.17) is 11.5 Å². The molecule has 0 aromatic carbocycles. The van der Waals surface area contributed by atoms with Gasteiger partial charge in [0.15, 0.2) is 0 Å². The summed E-state index contributed by atoms with van der Waals surface area (Å²) in [6.45, 7) is 3.31. The quantitative estimate of drug-likeness (QED) is 0.709. The molecule has 7 heteroatoms. The fourth-order valence-corrected chi connectivity index (χ4v) is 2.73. The Kier molecular flexibility index (Phi) is 6.03. The summed E-state index contributed by atoms with van der Waals surface area (Å²) in [7, 11) is 0. The number of piperidine rings is 1. The molecule has 2 atom stereocenters. The monoisotopic (exact) mass is 290 g/mol. The molecule has 0 bridgehead atoms. The van der Waals surface area contributed by atoms with Crippen LogP contribution in [0.15, 0.2) is 0 Å². The number of primary amides is 1. The standard InChI is InChI=1S/C12H22N4O2.ClH/c13-10-3-5-15(7-10)8-11(17)16-4-1-2-9(6-16)12(14)18;/h9-10H,1-8,13H2,(H2,14,18);1H/t9?,10-;/m0./s1. The molecule has 4 N–H and O–H groups in total. The normalized spacial score (nSPS) is 27.9. The van der Waals surface area contributed by atoms with Gasteiger partial charge in [-0.1, -0.05) is 0 Å². The summed E-state index contributed by atoms with van der Waals surface area (Å²) in [4.78, 5) is 27.1. The molecule has 0 aliphatic carbocycles. The van der Waals surface area contributed by atoms with Crippen LogP contribution in [0.25, 0.3) is 0 Å². The van der Waals surface area contributed by atoms with E-state index in [1.165, 1.54) is 0 Å². The van der Waals surface area contributed by atoms with Crippen LogP contribution in [0.2, 0.25) is 0 Å². The van der Waals surface area contributed by atoms with Crippen molar-refractivity contribution in [3.63, 3.8) is 0 Å². The third kappa shape index (κ3) is 4.33. The molecule has 110 valence electrons. The Balaban J connectivity index is 0.00000180. The van der Waals surface area contributed by atoms with Crippen molar-refractivity contribution in [2.45, 2.75) is 25.3 Å². The van der Waals surface area contributed by atoms with Crippen molar-refractivity contribution < 1.29 is 9.59 Å². The molecule has 0 radical (unpaired) electrons. The van der Waals surface area contributed by atoms with Crippen molar-refractivity contribution in [2.24, 2.45) is 17.4 Å². The molecule has 0 spiro atoms. The number of carbonyl (C=O) groups excluding carboxylic acids is 2. The van der Waals surface area contributed by atoms with Crippen LogP contribution in [-0.2, 0) is 9.59 Å². The predicted octanol–water partition coefficient (Wildman–Crippen LogP) is -0.835. The summed E-state index contributed by atoms with van der Waals surface area (Å²) < 4.78 is 0. The van der Waals surface area contributed by atoms with Gasteiger partial charge in [0.25, 0.3) is 0 Å². The molecule has 0 saturated carbocycles. The summed E-state index contributed by atoms with van der Waals surface area (Å²) >= 11 is 0. The lowest BCUT2D eigenvalue weighted by atomic mass is 9.97. The molecule has 2 aliphatic rings. The number of hydrogen-bond acceptors (Lipinski definition) is 4. The minimum absolute atomic E-state index is 0. The van der Waals surface area contributed by atoms with Crippen molar-refractivity contribution in [1.82, 2.24) is 9.80 Å². The number of halogens is 1. The summed E-state index contributed by atoms with van der Waals surface area (Å²) in [6, 6.07) is 0.192. The lowest BCUT2D eigenvalue weighted by Crippen LogP contribution is -2.47. The van der Waals surface area contributed by atoms with E-state index in [1.54, 1.807) is 4.90 Å². The summed E-state index contributed by atoms with van der Waals surface area (Å²) in [5, 5.41) is 0. The Bertz CT molecular complexity index is 340. The zero-order valence-electron chi connectivity index (χ0n) is 11.1. The second-order valence-corrected chi connectivity index (χ2v) is 5.37. The van der Waals surface area contributed by atoms with E-state index in [1.807, 2.05) is 0 Å². The molecular formula is C12H23ClN4O2. The van der Waals surface area contributed by atoms with Crippen LogP contribution in [-0.4, -0.2) is 60.4 Å². The molecule has 1 unspecified atom stereocenters. The third-order valence-electron chi connectivity index (χ3n) is 3.84. The average molecular weight is 291 g/mol. The first-order valence-electron chi connectivity index (χ1n) is 6.61. The maximum atomic E-state index is 12.1. The highest BCUT2D eigenvalue weighted by Gasteiger charge is 2.29. The molecule has 2 amide bonds. The van der Waals surface area contributed by atoms with Crippen molar-refractivity contribution in [3.05, 3.63) is 0 Å². The van der Waals surface area contributed by atoms with Gasteiger partial charge in [-0.25, -0.2) is 0 Å². The number of amides is 2. The maximum Gasteiger partial charge on any atom is 0.236 e. The maximum absolute atomic E-state index is 12.1. The molecule has 2 heterocycles. The van der Waals surface area contributed by atoms with Gasteiger partial charge < -0.3 is 16.4 Å². The lowest BCUT2D eigenvalue weighted by molar-refractivity contribution is -0.135. The Morgan fingerprint density at radius 3 is 2.47 bits per heavy atom. The van der Waals surface area contributed by atoms with Gasteiger partial charge >= 0.3 is 0 Å². The summed E-state index contributed by atoms with van der Waals surface area (Å²) in [6.07, 6.45) is 2.61. The molecule has 0 aromatic rings. The molecule has 19 heavy (non-hydrogen) atoms. The van der Waals surface area contributed by atoms with Crippen LogP contribution in [0.3, 0.4) is 0 Å². The largest absolute Gasteiger partial charge is 0.369 e. The number of nitrogens with zero attached hydrogens (tertiary/aromatic N) is 2. The zero-order chi connectivity index (χ0) is 13.1. The van der Waals surface area contributed by atoms with E-state index in [0.717, 1.165) is 38.9 Å². The fourth-order valence-electron chi connectivity index (χ4n) is 2.73. The molecule has 0 aromatic heterocycles. The lowest BCUT2D eigenvalue weighted by Gasteiger charge is -2.32. The summed E-state index contributed by atoms with van der Waals surface area (Å²) in [5.74, 6) is -0.380. The van der Waals surface area contributed by atoms with Crippen LogP contribution in [0, 0.1) is 5.92 Å². The Morgan fingerprint density at radius 2 is 1.89 bits per heavy atom. The van der Waals surface area contributed by atoms with E-state index >= 15 is 0 Å². The second-order valence-electron chi connectivity index (χ2n) is 5.37. The van der Waals surface area contributed by atoms with E-state index in [-0.39, 0.29) is 36.2 Å². The molecule has 2 saturated heterocycles. The Hall–Kier alpha value is -0.850. The molecule has 2 fully saturated rings. The number of hydrogen-bond donors (Lipinski definition) is 2. The molecule has 6 nitrogen and oxygen atoms in total. The number of rotatable bonds is 3. The highest BCUT2D eigenvalue weighted by Crippen LogP contribution is 2.17. The van der Waals surface area contributed by atoms with E-state index < -0.39 is 0 Å². The fraction of sp³-hybridized carbons (Fsp3) is 0.833. The first kappa shape index (κ1) is 16.2. The van der Waals surface area contributed by atoms with Gasteiger partial charge in [0.05, 0.1) is 12.5 Å². The number of likely N-dealkylation sites (tertiary alicyclic amines) is 2. The Morgan fingerprint density at radius 1 is 1.16 bits per heavy atom. The number of carbonyl (C=O) groups is 2. The van der Waals surface area contributed by atoms with Gasteiger partial charge in [-0.3, -0.25) is 14.5 Å². The predicted molar refractivity (Wildman–Crippen MR) is 74.8 cm³/mol. The first-order valence-corrected chi connectivity index (χ1v) is 6.61. The van der Waals surface area contributed by atoms with Crippen molar-refractivity contribution in [2.75, 3.05) is 32.7 Å². The molecule has 2 rings (SSSR count). The van der Waals surface area contributed by atoms with Crippen LogP contribution in [0.4, 0.5) is 0 Å². The third-order valence-corrected chi connectivity index (χ3v) is 3.84. The smallest absolute Gasteiger partial charge is 0.236 e. The van der Waals surface area contributed by atoms with E-state index in [0.29, 0.717) is 13.1 Å². The molecule has 2 aliphatic heterocycles. The SMILES string of the molecule is Cl.NC(=O)C1CCCN(C(=O)CN2CC[C@H](N)C2)C1. The highest BCUT2D eigenvalue weighted by molar-refractivity contribution is 5.85. The number of nitrogens with two attached hydrogens (primary N) is 2. The van der Waals surface area contributed by atoms with Gasteiger partial charge in [0.2, 0.25) is 11.8 Å². The van der Waals surface area contributed by atoms with E-state index in [9.17, 15) is 9.59 Å². The van der Waals surface area contributed by atoms with Crippen molar-refractivity contribution in [1.29, 1.82) is 0 Å². The minimum Gasteiger partial charge on any atom is -0.369 e. The van der Waals surface area contributed by atoms with E-state index in [2.05, 4.69) is 4.90 Å².